The molecule has 1 unspecified atom stereocenters. The number of hydrogen-bond donors (Lipinski definition) is 2. The smallest absolute Gasteiger partial charge is 0.310 e. The Balaban J connectivity index is 2.43. The van der Waals surface area contributed by atoms with Gasteiger partial charge in [0.2, 0.25) is 0 Å². The molecule has 0 amide bonds. The Bertz CT molecular complexity index is 454. The van der Waals surface area contributed by atoms with E-state index in [4.69, 9.17) is 5.11 Å². The van der Waals surface area contributed by atoms with Gasteiger partial charge in [0.1, 0.15) is 0 Å². The molecule has 0 aliphatic carbocycles. The van der Waals surface area contributed by atoms with Crippen molar-refractivity contribution >= 4 is 11.9 Å². The lowest BCUT2D eigenvalue weighted by molar-refractivity contribution is -0.139. The molecule has 20 heavy (non-hydrogen) atoms. The molecule has 0 aliphatic heterocycles. The molecule has 0 saturated heterocycles. The van der Waals surface area contributed by atoms with Crippen LogP contribution in [0.3, 0.4) is 0 Å². The number of aliphatic carboxylic acids is 2. The van der Waals surface area contributed by atoms with Gasteiger partial charge < -0.3 is 10.2 Å². The van der Waals surface area contributed by atoms with Gasteiger partial charge >= 0.3 is 11.9 Å². The van der Waals surface area contributed by atoms with Crippen molar-refractivity contribution in [3.63, 3.8) is 0 Å². The maximum atomic E-state index is 11.4. The third-order valence-electron chi connectivity index (χ3n) is 3.50. The third kappa shape index (κ3) is 5.43. The first-order chi connectivity index (χ1) is 9.52. The lowest BCUT2D eigenvalue weighted by atomic mass is 9.90. The summed E-state index contributed by atoms with van der Waals surface area (Å²) in [6.45, 7) is 1.93. The summed E-state index contributed by atoms with van der Waals surface area (Å²) in [7, 11) is 0. The maximum Gasteiger partial charge on any atom is 0.310 e. The summed E-state index contributed by atoms with van der Waals surface area (Å²) in [5, 5.41) is 17.9. The van der Waals surface area contributed by atoms with Crippen molar-refractivity contribution in [3.05, 3.63) is 35.4 Å². The molecule has 0 bridgehead atoms. The highest BCUT2D eigenvalue weighted by Gasteiger charge is 2.20. The van der Waals surface area contributed by atoms with Gasteiger partial charge in [-0.25, -0.2) is 0 Å². The molecule has 0 spiro atoms. The van der Waals surface area contributed by atoms with E-state index >= 15 is 0 Å². The molecule has 0 radical (unpaired) electrons. The summed E-state index contributed by atoms with van der Waals surface area (Å²) >= 11 is 0. The Labute approximate surface area is 119 Å². The zero-order chi connectivity index (χ0) is 15.0. The van der Waals surface area contributed by atoms with Crippen LogP contribution < -0.4 is 0 Å². The monoisotopic (exact) mass is 278 g/mol. The van der Waals surface area contributed by atoms with Gasteiger partial charge in [-0.2, -0.15) is 0 Å². The molecule has 0 saturated carbocycles. The lowest BCUT2D eigenvalue weighted by Gasteiger charge is -2.15. The van der Waals surface area contributed by atoms with Crippen LogP contribution in [0.15, 0.2) is 24.3 Å². The maximum absolute atomic E-state index is 11.4. The standard InChI is InChI=1S/C16H22O4/c1-12-8-6-7-9-13(12)14(16(19)20)10-4-2-3-5-11-15(17)18/h6-9,14H,2-5,10-11H2,1H3,(H,17,18)(H,19,20). The molecule has 4 heteroatoms. The van der Waals surface area contributed by atoms with E-state index in [1.807, 2.05) is 31.2 Å². The van der Waals surface area contributed by atoms with E-state index in [1.54, 1.807) is 0 Å². The number of carbonyl (C=O) groups is 2. The second kappa shape index (κ2) is 8.35. The summed E-state index contributed by atoms with van der Waals surface area (Å²) in [5.41, 5.74) is 1.89. The highest BCUT2D eigenvalue weighted by atomic mass is 16.4. The molecule has 1 aromatic rings. The number of unbranched alkanes of at least 4 members (excludes halogenated alkanes) is 3. The van der Waals surface area contributed by atoms with Gasteiger partial charge in [-0.3, -0.25) is 9.59 Å². The van der Waals surface area contributed by atoms with Crippen molar-refractivity contribution in [2.45, 2.75) is 51.4 Å². The predicted octanol–water partition coefficient (Wildman–Crippen LogP) is 3.59. The summed E-state index contributed by atoms with van der Waals surface area (Å²) in [6.07, 6.45) is 3.99. The van der Waals surface area contributed by atoms with Crippen LogP contribution in [0.2, 0.25) is 0 Å². The molecule has 2 N–H and O–H groups in total. The van der Waals surface area contributed by atoms with Crippen LogP contribution in [-0.2, 0) is 9.59 Å². The van der Waals surface area contributed by atoms with Crippen molar-refractivity contribution in [2.75, 3.05) is 0 Å². The summed E-state index contributed by atoms with van der Waals surface area (Å²) in [6, 6.07) is 7.57. The fourth-order valence-electron chi connectivity index (χ4n) is 2.37. The fraction of sp³-hybridized carbons (Fsp3) is 0.500. The van der Waals surface area contributed by atoms with Crippen LogP contribution in [0.25, 0.3) is 0 Å². The quantitative estimate of drug-likeness (QED) is 0.677. The first-order valence-electron chi connectivity index (χ1n) is 7.02. The van der Waals surface area contributed by atoms with Crippen molar-refractivity contribution in [3.8, 4) is 0 Å². The number of benzene rings is 1. The van der Waals surface area contributed by atoms with E-state index in [2.05, 4.69) is 0 Å². The van der Waals surface area contributed by atoms with E-state index in [0.717, 1.165) is 30.4 Å². The summed E-state index contributed by atoms with van der Waals surface area (Å²) in [5.74, 6) is -2.02. The zero-order valence-corrected chi connectivity index (χ0v) is 11.8. The van der Waals surface area contributed by atoms with E-state index in [0.29, 0.717) is 12.8 Å². The minimum atomic E-state index is -0.787. The second-order valence-corrected chi connectivity index (χ2v) is 5.09. The Morgan fingerprint density at radius 1 is 1.05 bits per heavy atom. The largest absolute Gasteiger partial charge is 0.481 e. The predicted molar refractivity (Wildman–Crippen MR) is 76.9 cm³/mol. The summed E-state index contributed by atoms with van der Waals surface area (Å²) < 4.78 is 0. The van der Waals surface area contributed by atoms with Gasteiger partial charge in [-0.1, -0.05) is 43.5 Å². The Hall–Kier alpha value is -1.84. The van der Waals surface area contributed by atoms with Crippen LogP contribution in [0.4, 0.5) is 0 Å². The molecule has 1 rings (SSSR count). The topological polar surface area (TPSA) is 74.6 Å². The molecule has 1 aromatic carbocycles. The van der Waals surface area contributed by atoms with Crippen LogP contribution in [-0.4, -0.2) is 22.2 Å². The second-order valence-electron chi connectivity index (χ2n) is 5.09. The summed E-state index contributed by atoms with van der Waals surface area (Å²) in [4.78, 5) is 21.8. The van der Waals surface area contributed by atoms with Crippen LogP contribution >= 0.6 is 0 Å². The molecule has 0 fully saturated rings. The van der Waals surface area contributed by atoms with Crippen molar-refractivity contribution in [1.29, 1.82) is 0 Å². The molecule has 0 heterocycles. The Morgan fingerprint density at radius 3 is 2.30 bits per heavy atom. The molecule has 1 atom stereocenters. The number of carboxylic acids is 2. The van der Waals surface area contributed by atoms with E-state index in [-0.39, 0.29) is 6.42 Å². The van der Waals surface area contributed by atoms with Crippen LogP contribution in [0, 0.1) is 6.92 Å². The van der Waals surface area contributed by atoms with Gasteiger partial charge in [0.05, 0.1) is 5.92 Å². The number of aryl methyl sites for hydroxylation is 1. The molecular formula is C16H22O4. The van der Waals surface area contributed by atoms with E-state index in [9.17, 15) is 14.7 Å². The van der Waals surface area contributed by atoms with Gasteiger partial charge in [0.15, 0.2) is 0 Å². The Morgan fingerprint density at radius 2 is 1.70 bits per heavy atom. The van der Waals surface area contributed by atoms with Gasteiger partial charge in [0, 0.05) is 6.42 Å². The van der Waals surface area contributed by atoms with Crippen molar-refractivity contribution in [1.82, 2.24) is 0 Å². The van der Waals surface area contributed by atoms with Crippen molar-refractivity contribution in [2.24, 2.45) is 0 Å². The lowest BCUT2D eigenvalue weighted by Crippen LogP contribution is -2.12. The minimum absolute atomic E-state index is 0.195. The molecule has 4 nitrogen and oxygen atoms in total. The average molecular weight is 278 g/mol. The number of hydrogen-bond acceptors (Lipinski definition) is 2. The number of rotatable bonds is 9. The van der Waals surface area contributed by atoms with Crippen molar-refractivity contribution < 1.29 is 19.8 Å². The number of carboxylic acid groups (broad SMARTS) is 2. The van der Waals surface area contributed by atoms with Gasteiger partial charge in [0.25, 0.3) is 0 Å². The minimum Gasteiger partial charge on any atom is -0.481 e. The SMILES string of the molecule is Cc1ccccc1C(CCCCCCC(=O)O)C(=O)O. The normalized spacial score (nSPS) is 12.1. The third-order valence-corrected chi connectivity index (χ3v) is 3.50. The van der Waals surface area contributed by atoms with Crippen LogP contribution in [0.5, 0.6) is 0 Å². The molecule has 0 aliphatic rings. The zero-order valence-electron chi connectivity index (χ0n) is 11.8. The van der Waals surface area contributed by atoms with Gasteiger partial charge in [-0.05, 0) is 30.9 Å². The molecule has 0 aromatic heterocycles. The fourth-order valence-corrected chi connectivity index (χ4v) is 2.37. The van der Waals surface area contributed by atoms with Gasteiger partial charge in [-0.15, -0.1) is 0 Å². The highest BCUT2D eigenvalue weighted by Crippen LogP contribution is 2.25. The first kappa shape index (κ1) is 16.2. The molecule has 110 valence electrons. The Kier molecular flexibility index (Phi) is 6.77. The highest BCUT2D eigenvalue weighted by molar-refractivity contribution is 5.76. The average Bonchev–Trinajstić information content (AvgIpc) is 2.38. The van der Waals surface area contributed by atoms with E-state index in [1.165, 1.54) is 0 Å². The van der Waals surface area contributed by atoms with Crippen LogP contribution in [0.1, 0.15) is 55.6 Å². The molecular weight excluding hydrogens is 256 g/mol. The van der Waals surface area contributed by atoms with E-state index < -0.39 is 17.9 Å². The first-order valence-corrected chi connectivity index (χ1v) is 7.02.